The third kappa shape index (κ3) is 4.95. The van der Waals surface area contributed by atoms with Crippen molar-refractivity contribution >= 4 is 15.7 Å². The standard InChI is InChI=1S/C10H13F3N2O3S/c1-7(6-14)19(16,17)15-8-2-4-9(5-3-8)18-10(11,12)13/h2-5,7,15H,6,14H2,1H3. The minimum atomic E-state index is -4.78. The minimum absolute atomic E-state index is 0.0649. The molecular weight excluding hydrogens is 285 g/mol. The van der Waals surface area contributed by atoms with Crippen molar-refractivity contribution in [3.63, 3.8) is 0 Å². The van der Waals surface area contributed by atoms with E-state index in [0.29, 0.717) is 0 Å². The van der Waals surface area contributed by atoms with Crippen molar-refractivity contribution in [2.45, 2.75) is 18.5 Å². The summed E-state index contributed by atoms with van der Waals surface area (Å²) >= 11 is 0. The zero-order valence-corrected chi connectivity index (χ0v) is 10.8. The van der Waals surface area contributed by atoms with Crippen LogP contribution in [0.2, 0.25) is 0 Å². The van der Waals surface area contributed by atoms with Crippen molar-refractivity contribution in [1.29, 1.82) is 0 Å². The molecule has 0 bridgehead atoms. The second-order valence-electron chi connectivity index (χ2n) is 3.77. The molecule has 1 atom stereocenters. The van der Waals surface area contributed by atoms with E-state index in [1.165, 1.54) is 19.1 Å². The topological polar surface area (TPSA) is 81.4 Å². The zero-order chi connectivity index (χ0) is 14.7. The van der Waals surface area contributed by atoms with Crippen LogP contribution in [-0.4, -0.2) is 26.6 Å². The summed E-state index contributed by atoms with van der Waals surface area (Å²) in [5, 5.41) is -0.807. The molecule has 1 unspecified atom stereocenters. The number of halogens is 3. The van der Waals surface area contributed by atoms with Gasteiger partial charge in [-0.25, -0.2) is 8.42 Å². The summed E-state index contributed by atoms with van der Waals surface area (Å²) in [6.07, 6.45) is -4.78. The largest absolute Gasteiger partial charge is 0.573 e. The fourth-order valence-electron chi connectivity index (χ4n) is 1.12. The van der Waals surface area contributed by atoms with E-state index in [1.807, 2.05) is 0 Å². The lowest BCUT2D eigenvalue weighted by molar-refractivity contribution is -0.274. The molecule has 0 heterocycles. The molecule has 0 amide bonds. The van der Waals surface area contributed by atoms with E-state index in [0.717, 1.165) is 12.1 Å². The first-order valence-electron chi connectivity index (χ1n) is 5.21. The van der Waals surface area contributed by atoms with Gasteiger partial charge in [-0.15, -0.1) is 13.2 Å². The highest BCUT2D eigenvalue weighted by Crippen LogP contribution is 2.24. The third-order valence-corrected chi connectivity index (χ3v) is 3.98. The van der Waals surface area contributed by atoms with Gasteiger partial charge in [-0.3, -0.25) is 4.72 Å². The Balaban J connectivity index is 2.78. The molecule has 0 aliphatic heterocycles. The first-order chi connectivity index (χ1) is 8.64. The fourth-order valence-corrected chi connectivity index (χ4v) is 2.04. The maximum Gasteiger partial charge on any atom is 0.573 e. The Morgan fingerprint density at radius 3 is 2.26 bits per heavy atom. The van der Waals surface area contributed by atoms with Crippen molar-refractivity contribution in [2.24, 2.45) is 5.73 Å². The molecule has 5 nitrogen and oxygen atoms in total. The number of ether oxygens (including phenoxy) is 1. The van der Waals surface area contributed by atoms with E-state index in [9.17, 15) is 21.6 Å². The van der Waals surface area contributed by atoms with Crippen LogP contribution in [0.3, 0.4) is 0 Å². The van der Waals surface area contributed by atoms with Gasteiger partial charge in [-0.05, 0) is 31.2 Å². The van der Waals surface area contributed by atoms with Crippen molar-refractivity contribution in [3.8, 4) is 5.75 Å². The lowest BCUT2D eigenvalue weighted by Crippen LogP contribution is -2.31. The number of sulfonamides is 1. The number of nitrogens with two attached hydrogens (primary N) is 1. The van der Waals surface area contributed by atoms with Crippen LogP contribution in [0.4, 0.5) is 18.9 Å². The summed E-state index contributed by atoms with van der Waals surface area (Å²) in [5.74, 6) is -0.428. The third-order valence-electron chi connectivity index (χ3n) is 2.21. The molecule has 0 aliphatic carbocycles. The molecule has 0 saturated heterocycles. The van der Waals surface area contributed by atoms with E-state index in [2.05, 4.69) is 9.46 Å². The van der Waals surface area contributed by atoms with Crippen molar-refractivity contribution in [3.05, 3.63) is 24.3 Å². The van der Waals surface area contributed by atoms with Gasteiger partial charge in [-0.2, -0.15) is 0 Å². The lowest BCUT2D eigenvalue weighted by Gasteiger charge is -2.13. The van der Waals surface area contributed by atoms with Gasteiger partial charge in [0.25, 0.3) is 0 Å². The Morgan fingerprint density at radius 2 is 1.84 bits per heavy atom. The van der Waals surface area contributed by atoms with Gasteiger partial charge in [0.05, 0.1) is 5.25 Å². The molecule has 9 heteroatoms. The average molecular weight is 298 g/mol. The molecule has 19 heavy (non-hydrogen) atoms. The first kappa shape index (κ1) is 15.6. The summed E-state index contributed by atoms with van der Waals surface area (Å²) in [7, 11) is -3.65. The summed E-state index contributed by atoms with van der Waals surface area (Å²) < 4.78 is 64.9. The van der Waals surface area contributed by atoms with Crippen LogP contribution in [0.5, 0.6) is 5.75 Å². The van der Waals surface area contributed by atoms with Crippen LogP contribution >= 0.6 is 0 Å². The number of rotatable bonds is 5. The minimum Gasteiger partial charge on any atom is -0.406 e. The van der Waals surface area contributed by atoms with Crippen molar-refractivity contribution in [2.75, 3.05) is 11.3 Å². The summed E-state index contributed by atoms with van der Waals surface area (Å²) in [6.45, 7) is 1.36. The van der Waals surface area contributed by atoms with Gasteiger partial charge < -0.3 is 10.5 Å². The highest BCUT2D eigenvalue weighted by Gasteiger charge is 2.31. The Kier molecular flexibility index (Phi) is 4.64. The molecule has 0 aliphatic rings. The van der Waals surface area contributed by atoms with E-state index in [1.54, 1.807) is 0 Å². The molecule has 0 radical (unpaired) electrons. The van der Waals surface area contributed by atoms with Crippen LogP contribution in [0.15, 0.2) is 24.3 Å². The second-order valence-corrected chi connectivity index (χ2v) is 5.86. The van der Waals surface area contributed by atoms with Crippen LogP contribution in [-0.2, 0) is 10.0 Å². The molecule has 0 aromatic heterocycles. The van der Waals surface area contributed by atoms with E-state index < -0.39 is 27.4 Å². The molecule has 1 aromatic carbocycles. The van der Waals surface area contributed by atoms with Crippen LogP contribution < -0.4 is 15.2 Å². The highest BCUT2D eigenvalue weighted by atomic mass is 32.2. The monoisotopic (exact) mass is 298 g/mol. The Morgan fingerprint density at radius 1 is 1.32 bits per heavy atom. The molecule has 0 fully saturated rings. The van der Waals surface area contributed by atoms with Crippen LogP contribution in [0.25, 0.3) is 0 Å². The fraction of sp³-hybridized carbons (Fsp3) is 0.400. The average Bonchev–Trinajstić information content (AvgIpc) is 2.28. The van der Waals surface area contributed by atoms with Gasteiger partial charge in [-0.1, -0.05) is 0 Å². The number of anilines is 1. The van der Waals surface area contributed by atoms with Crippen molar-refractivity contribution in [1.82, 2.24) is 0 Å². The summed E-state index contributed by atoms with van der Waals surface area (Å²) in [6, 6.07) is 4.36. The number of alkyl halides is 3. The highest BCUT2D eigenvalue weighted by molar-refractivity contribution is 7.93. The van der Waals surface area contributed by atoms with Gasteiger partial charge >= 0.3 is 6.36 Å². The number of hydrogen-bond acceptors (Lipinski definition) is 4. The molecular formula is C10H13F3N2O3S. The molecule has 0 saturated carbocycles. The molecule has 108 valence electrons. The molecule has 3 N–H and O–H groups in total. The maximum absolute atomic E-state index is 11.9. The van der Waals surface area contributed by atoms with E-state index in [4.69, 9.17) is 5.73 Å². The van der Waals surface area contributed by atoms with E-state index in [-0.39, 0.29) is 12.2 Å². The first-order valence-corrected chi connectivity index (χ1v) is 6.76. The van der Waals surface area contributed by atoms with E-state index >= 15 is 0 Å². The predicted molar refractivity (Wildman–Crippen MR) is 64.2 cm³/mol. The lowest BCUT2D eigenvalue weighted by atomic mass is 10.3. The van der Waals surface area contributed by atoms with Gasteiger partial charge in [0.15, 0.2) is 0 Å². The zero-order valence-electron chi connectivity index (χ0n) is 9.94. The molecule has 0 spiro atoms. The van der Waals surface area contributed by atoms with Gasteiger partial charge in [0.2, 0.25) is 10.0 Å². The van der Waals surface area contributed by atoms with Gasteiger partial charge in [0.1, 0.15) is 5.75 Å². The summed E-state index contributed by atoms with van der Waals surface area (Å²) in [4.78, 5) is 0. The number of hydrogen-bond donors (Lipinski definition) is 2. The Bertz CT molecular complexity index is 514. The molecule has 1 rings (SSSR count). The van der Waals surface area contributed by atoms with Gasteiger partial charge in [0, 0.05) is 12.2 Å². The van der Waals surface area contributed by atoms with Crippen LogP contribution in [0, 0.1) is 0 Å². The second kappa shape index (κ2) is 5.66. The quantitative estimate of drug-likeness (QED) is 0.866. The van der Waals surface area contributed by atoms with Crippen molar-refractivity contribution < 1.29 is 26.3 Å². The Hall–Kier alpha value is -1.48. The normalized spacial score (nSPS) is 13.9. The smallest absolute Gasteiger partial charge is 0.406 e. The summed E-state index contributed by atoms with van der Waals surface area (Å²) in [5.41, 5.74) is 5.38. The SMILES string of the molecule is CC(CN)S(=O)(=O)Nc1ccc(OC(F)(F)F)cc1. The Labute approximate surface area is 108 Å². The van der Waals surface area contributed by atoms with Crippen LogP contribution in [0.1, 0.15) is 6.92 Å². The number of benzene rings is 1. The maximum atomic E-state index is 11.9. The predicted octanol–water partition coefficient (Wildman–Crippen LogP) is 1.67. The number of nitrogens with one attached hydrogen (secondary N) is 1. The molecule has 1 aromatic rings.